The summed E-state index contributed by atoms with van der Waals surface area (Å²) in [5.41, 5.74) is 0.887. The maximum Gasteiger partial charge on any atom is 0.263 e. The molecule has 0 radical (unpaired) electrons. The Morgan fingerprint density at radius 1 is 1.33 bits per heavy atom. The highest BCUT2D eigenvalue weighted by molar-refractivity contribution is 5.37. The van der Waals surface area contributed by atoms with Gasteiger partial charge in [-0.25, -0.2) is 8.78 Å². The van der Waals surface area contributed by atoms with Gasteiger partial charge in [0.2, 0.25) is 0 Å². The van der Waals surface area contributed by atoms with Gasteiger partial charge in [0.1, 0.15) is 5.75 Å². The zero-order valence-electron chi connectivity index (χ0n) is 10.5. The van der Waals surface area contributed by atoms with Gasteiger partial charge in [0.15, 0.2) is 0 Å². The third kappa shape index (κ3) is 3.17. The van der Waals surface area contributed by atoms with E-state index >= 15 is 0 Å². The van der Waals surface area contributed by atoms with Crippen molar-refractivity contribution in [3.8, 4) is 5.75 Å². The van der Waals surface area contributed by atoms with E-state index in [1.165, 1.54) is 6.07 Å². The van der Waals surface area contributed by atoms with E-state index in [1.807, 2.05) is 0 Å². The first-order chi connectivity index (χ1) is 8.70. The van der Waals surface area contributed by atoms with E-state index in [2.05, 4.69) is 10.2 Å². The fraction of sp³-hybridized carbons (Fsp3) is 0.538. The Morgan fingerprint density at radius 2 is 2.06 bits per heavy atom. The Kier molecular flexibility index (Phi) is 4.49. The van der Waals surface area contributed by atoms with Gasteiger partial charge in [0, 0.05) is 43.9 Å². The molecule has 1 heterocycles. The van der Waals surface area contributed by atoms with E-state index in [9.17, 15) is 8.78 Å². The van der Waals surface area contributed by atoms with Crippen molar-refractivity contribution in [3.63, 3.8) is 0 Å². The van der Waals surface area contributed by atoms with Crippen LogP contribution >= 0.6 is 0 Å². The quantitative estimate of drug-likeness (QED) is 0.892. The summed E-state index contributed by atoms with van der Waals surface area (Å²) in [5.74, 6) is 0.679. The Hall–Kier alpha value is -1.20. The zero-order valence-corrected chi connectivity index (χ0v) is 10.5. The second-order valence-electron chi connectivity index (χ2n) is 4.40. The Morgan fingerprint density at radius 3 is 2.67 bits per heavy atom. The van der Waals surface area contributed by atoms with E-state index in [-0.39, 0.29) is 5.56 Å². The number of piperazine rings is 1. The van der Waals surface area contributed by atoms with Crippen molar-refractivity contribution in [1.82, 2.24) is 10.2 Å². The highest BCUT2D eigenvalue weighted by Crippen LogP contribution is 2.27. The van der Waals surface area contributed by atoms with Gasteiger partial charge in [0.25, 0.3) is 6.43 Å². The number of methoxy groups -OCH3 is 1. The van der Waals surface area contributed by atoms with E-state index in [4.69, 9.17) is 4.74 Å². The predicted molar refractivity (Wildman–Crippen MR) is 66.1 cm³/mol. The van der Waals surface area contributed by atoms with Crippen molar-refractivity contribution in [1.29, 1.82) is 0 Å². The summed E-state index contributed by atoms with van der Waals surface area (Å²) in [5, 5.41) is 3.27. The second-order valence-corrected chi connectivity index (χ2v) is 4.40. The lowest BCUT2D eigenvalue weighted by atomic mass is 10.1. The summed E-state index contributed by atoms with van der Waals surface area (Å²) < 4.78 is 30.6. The van der Waals surface area contributed by atoms with Crippen LogP contribution < -0.4 is 10.1 Å². The standard InChI is InChI=1S/C13H18F2N2O/c1-18-12-3-2-10(13(14)15)8-11(12)9-17-6-4-16-5-7-17/h2-3,8,13,16H,4-7,9H2,1H3. The van der Waals surface area contributed by atoms with Crippen LogP contribution in [0.5, 0.6) is 5.75 Å². The number of hydrogen-bond acceptors (Lipinski definition) is 3. The molecule has 0 saturated carbocycles. The molecule has 0 aliphatic carbocycles. The molecule has 0 amide bonds. The van der Waals surface area contributed by atoms with Crippen LogP contribution in [-0.2, 0) is 6.54 Å². The van der Waals surface area contributed by atoms with Gasteiger partial charge in [-0.15, -0.1) is 0 Å². The summed E-state index contributed by atoms with van der Waals surface area (Å²) >= 11 is 0. The molecule has 3 nitrogen and oxygen atoms in total. The van der Waals surface area contributed by atoms with Crippen molar-refractivity contribution in [2.75, 3.05) is 33.3 Å². The molecule has 1 aromatic carbocycles. The van der Waals surface area contributed by atoms with Gasteiger partial charge in [0.05, 0.1) is 7.11 Å². The van der Waals surface area contributed by atoms with Crippen molar-refractivity contribution in [2.24, 2.45) is 0 Å². The number of halogens is 2. The van der Waals surface area contributed by atoms with Crippen LogP contribution in [0.15, 0.2) is 18.2 Å². The lowest BCUT2D eigenvalue weighted by Gasteiger charge is -2.27. The number of rotatable bonds is 4. The minimum absolute atomic E-state index is 0.0564. The van der Waals surface area contributed by atoms with Crippen LogP contribution in [0.25, 0.3) is 0 Å². The van der Waals surface area contributed by atoms with Crippen molar-refractivity contribution >= 4 is 0 Å². The first-order valence-electron chi connectivity index (χ1n) is 6.08. The normalized spacial score (nSPS) is 17.1. The summed E-state index contributed by atoms with van der Waals surface area (Å²) in [6, 6.07) is 4.59. The fourth-order valence-electron chi connectivity index (χ4n) is 2.17. The molecule has 1 N–H and O–H groups in total. The number of nitrogens with zero attached hydrogens (tertiary/aromatic N) is 1. The van der Waals surface area contributed by atoms with Crippen LogP contribution in [0, 0.1) is 0 Å². The average molecular weight is 256 g/mol. The SMILES string of the molecule is COc1ccc(C(F)F)cc1CN1CCNCC1. The first kappa shape index (κ1) is 13.2. The van der Waals surface area contributed by atoms with Gasteiger partial charge in [-0.2, -0.15) is 0 Å². The average Bonchev–Trinajstić information content (AvgIpc) is 2.39. The molecule has 2 rings (SSSR count). The molecular formula is C13H18F2N2O. The summed E-state index contributed by atoms with van der Waals surface area (Å²) in [6.45, 7) is 4.41. The van der Waals surface area contributed by atoms with E-state index in [0.29, 0.717) is 12.3 Å². The monoisotopic (exact) mass is 256 g/mol. The molecule has 1 aliphatic rings. The summed E-state index contributed by atoms with van der Waals surface area (Å²) in [6.07, 6.45) is -2.43. The molecule has 100 valence electrons. The molecule has 1 fully saturated rings. The molecule has 0 atom stereocenters. The number of benzene rings is 1. The Balaban J connectivity index is 2.15. The molecule has 1 aliphatic heterocycles. The molecule has 1 aromatic rings. The smallest absolute Gasteiger partial charge is 0.263 e. The number of nitrogens with one attached hydrogen (secondary N) is 1. The van der Waals surface area contributed by atoms with Crippen molar-refractivity contribution < 1.29 is 13.5 Å². The van der Waals surface area contributed by atoms with Gasteiger partial charge < -0.3 is 10.1 Å². The van der Waals surface area contributed by atoms with Gasteiger partial charge >= 0.3 is 0 Å². The van der Waals surface area contributed by atoms with Gasteiger partial charge in [-0.1, -0.05) is 0 Å². The van der Waals surface area contributed by atoms with Gasteiger partial charge in [-0.05, 0) is 18.2 Å². The molecule has 0 bridgehead atoms. The fourth-order valence-corrected chi connectivity index (χ4v) is 2.17. The van der Waals surface area contributed by atoms with Crippen LogP contribution in [0.3, 0.4) is 0 Å². The Labute approximate surface area is 106 Å². The topological polar surface area (TPSA) is 24.5 Å². The summed E-state index contributed by atoms with van der Waals surface area (Å²) in [4.78, 5) is 2.24. The zero-order chi connectivity index (χ0) is 13.0. The third-order valence-corrected chi connectivity index (χ3v) is 3.16. The van der Waals surface area contributed by atoms with Crippen LogP contribution in [0.4, 0.5) is 8.78 Å². The molecule has 0 spiro atoms. The first-order valence-corrected chi connectivity index (χ1v) is 6.08. The van der Waals surface area contributed by atoms with Crippen LogP contribution in [-0.4, -0.2) is 38.2 Å². The minimum Gasteiger partial charge on any atom is -0.496 e. The van der Waals surface area contributed by atoms with Crippen LogP contribution in [0.2, 0.25) is 0 Å². The number of ether oxygens (including phenoxy) is 1. The summed E-state index contributed by atoms with van der Waals surface area (Å²) in [7, 11) is 1.57. The number of alkyl halides is 2. The molecule has 1 saturated heterocycles. The minimum atomic E-state index is -2.43. The van der Waals surface area contributed by atoms with Crippen molar-refractivity contribution in [3.05, 3.63) is 29.3 Å². The van der Waals surface area contributed by atoms with Crippen LogP contribution in [0.1, 0.15) is 17.6 Å². The maximum absolute atomic E-state index is 12.7. The number of hydrogen-bond donors (Lipinski definition) is 1. The highest BCUT2D eigenvalue weighted by atomic mass is 19.3. The second kappa shape index (κ2) is 6.11. The van der Waals surface area contributed by atoms with E-state index < -0.39 is 6.43 Å². The molecular weight excluding hydrogens is 238 g/mol. The Bertz CT molecular complexity index is 393. The molecule has 18 heavy (non-hydrogen) atoms. The lowest BCUT2D eigenvalue weighted by Crippen LogP contribution is -2.42. The largest absolute Gasteiger partial charge is 0.496 e. The van der Waals surface area contributed by atoms with Gasteiger partial charge in [-0.3, -0.25) is 4.90 Å². The predicted octanol–water partition coefficient (Wildman–Crippen LogP) is 2.04. The maximum atomic E-state index is 12.7. The molecule has 5 heteroatoms. The third-order valence-electron chi connectivity index (χ3n) is 3.16. The molecule has 0 unspecified atom stereocenters. The lowest BCUT2D eigenvalue weighted by molar-refractivity contribution is 0.151. The van der Waals surface area contributed by atoms with E-state index in [0.717, 1.165) is 31.7 Å². The highest BCUT2D eigenvalue weighted by Gasteiger charge is 2.15. The van der Waals surface area contributed by atoms with E-state index in [1.54, 1.807) is 19.2 Å². The molecule has 0 aromatic heterocycles. The van der Waals surface area contributed by atoms with Crippen molar-refractivity contribution in [2.45, 2.75) is 13.0 Å².